The molecule has 192 valence electrons. The molecule has 1 aliphatic heterocycles. The summed E-state index contributed by atoms with van der Waals surface area (Å²) in [6, 6.07) is 1.85. The van der Waals surface area contributed by atoms with Crippen molar-refractivity contribution in [3.63, 3.8) is 0 Å². The predicted molar refractivity (Wildman–Crippen MR) is 121 cm³/mol. The number of halogens is 3. The van der Waals surface area contributed by atoms with Crippen LogP contribution in [0.3, 0.4) is 0 Å². The zero-order chi connectivity index (χ0) is 26.5. The number of hydrogen-bond acceptors (Lipinski definition) is 8. The van der Waals surface area contributed by atoms with E-state index in [0.29, 0.717) is 11.3 Å². The van der Waals surface area contributed by atoms with Gasteiger partial charge in [0.15, 0.2) is 11.6 Å². The lowest BCUT2D eigenvalue weighted by molar-refractivity contribution is -0.141. The standard InChI is InChI=1S/C23H21F3N8O3/c1-12(35)19-27-7-13(8-28-19)9-34-21(36)17(32(2)22(34)37)10-33-11-29-20(31-33)15-5-16(14-3-4-14)30-18(6-15)23(24,25)26/h5-8,10-12,14,35H,3-4,9H2,1-2H3. The van der Waals surface area contributed by atoms with E-state index in [1.165, 1.54) is 43.6 Å². The summed E-state index contributed by atoms with van der Waals surface area (Å²) in [5.41, 5.74) is -0.0393. The first-order chi connectivity index (χ1) is 17.5. The fourth-order valence-electron chi connectivity index (χ4n) is 3.79. The van der Waals surface area contributed by atoms with E-state index in [0.717, 1.165) is 28.7 Å². The van der Waals surface area contributed by atoms with Gasteiger partial charge < -0.3 is 5.11 Å². The topological polar surface area (TPSA) is 130 Å². The van der Waals surface area contributed by atoms with Crippen molar-refractivity contribution in [2.24, 2.45) is 0 Å². The largest absolute Gasteiger partial charge is 0.433 e. The summed E-state index contributed by atoms with van der Waals surface area (Å²) in [4.78, 5) is 43.7. The van der Waals surface area contributed by atoms with Crippen LogP contribution in [-0.4, -0.2) is 63.6 Å². The summed E-state index contributed by atoms with van der Waals surface area (Å²) >= 11 is 0. The normalized spacial score (nSPS) is 18.3. The maximum atomic E-state index is 13.4. The van der Waals surface area contributed by atoms with Crippen molar-refractivity contribution in [2.75, 3.05) is 7.05 Å². The van der Waals surface area contributed by atoms with E-state index >= 15 is 0 Å². The second-order valence-corrected chi connectivity index (χ2v) is 8.86. The molecule has 1 saturated carbocycles. The SMILES string of the molecule is CC(O)c1ncc(CN2C(=O)C(=Cn3cnc(-c4cc(C5CC5)nc(C(F)(F)F)c4)n3)N(C)C2=O)cn1. The van der Waals surface area contributed by atoms with Gasteiger partial charge in [-0.05, 0) is 31.9 Å². The van der Waals surface area contributed by atoms with Crippen LogP contribution < -0.4 is 0 Å². The predicted octanol–water partition coefficient (Wildman–Crippen LogP) is 2.97. The lowest BCUT2D eigenvalue weighted by Crippen LogP contribution is -2.31. The Hall–Kier alpha value is -4.20. The third-order valence-electron chi connectivity index (χ3n) is 5.94. The Morgan fingerprint density at radius 3 is 2.49 bits per heavy atom. The van der Waals surface area contributed by atoms with Gasteiger partial charge >= 0.3 is 12.2 Å². The minimum atomic E-state index is -4.62. The lowest BCUT2D eigenvalue weighted by atomic mass is 10.1. The number of carbonyl (C=O) groups is 2. The summed E-state index contributed by atoms with van der Waals surface area (Å²) in [5, 5.41) is 13.7. The van der Waals surface area contributed by atoms with Crippen molar-refractivity contribution in [3.05, 3.63) is 59.3 Å². The van der Waals surface area contributed by atoms with E-state index in [-0.39, 0.29) is 35.4 Å². The molecule has 0 aromatic carbocycles. The van der Waals surface area contributed by atoms with Crippen LogP contribution in [-0.2, 0) is 17.5 Å². The molecule has 37 heavy (non-hydrogen) atoms. The highest BCUT2D eigenvalue weighted by Crippen LogP contribution is 2.41. The molecule has 3 amide bonds. The highest BCUT2D eigenvalue weighted by atomic mass is 19.4. The number of pyridine rings is 1. The molecule has 2 fully saturated rings. The zero-order valence-corrected chi connectivity index (χ0v) is 19.7. The van der Waals surface area contributed by atoms with Crippen LogP contribution in [0.4, 0.5) is 18.0 Å². The van der Waals surface area contributed by atoms with Gasteiger partial charge in [0, 0.05) is 42.2 Å². The van der Waals surface area contributed by atoms with E-state index < -0.39 is 29.9 Å². The quantitative estimate of drug-likeness (QED) is 0.393. The van der Waals surface area contributed by atoms with Gasteiger partial charge in [0.25, 0.3) is 5.91 Å². The van der Waals surface area contributed by atoms with Crippen LogP contribution in [0.25, 0.3) is 17.6 Å². The first-order valence-electron chi connectivity index (χ1n) is 11.3. The first kappa shape index (κ1) is 24.5. The number of likely N-dealkylation sites (N-methyl/N-ethyl adjacent to an activating group) is 1. The van der Waals surface area contributed by atoms with Crippen LogP contribution in [0, 0.1) is 0 Å². The molecule has 3 aromatic rings. The Morgan fingerprint density at radius 2 is 1.86 bits per heavy atom. The highest BCUT2D eigenvalue weighted by molar-refractivity contribution is 6.13. The number of aliphatic hydroxyl groups is 1. The number of rotatable bonds is 6. The Morgan fingerprint density at radius 1 is 1.16 bits per heavy atom. The molecular formula is C23H21F3N8O3. The van der Waals surface area contributed by atoms with Gasteiger partial charge in [0.2, 0.25) is 0 Å². The maximum Gasteiger partial charge on any atom is 0.433 e. The van der Waals surface area contributed by atoms with Gasteiger partial charge in [-0.1, -0.05) is 0 Å². The van der Waals surface area contributed by atoms with Crippen molar-refractivity contribution in [3.8, 4) is 11.4 Å². The number of urea groups is 1. The molecule has 1 atom stereocenters. The monoisotopic (exact) mass is 514 g/mol. The van der Waals surface area contributed by atoms with E-state index in [2.05, 4.69) is 25.0 Å². The number of carbonyl (C=O) groups excluding carboxylic acids is 2. The Balaban J connectivity index is 1.39. The van der Waals surface area contributed by atoms with Gasteiger partial charge in [-0.3, -0.25) is 14.6 Å². The lowest BCUT2D eigenvalue weighted by Gasteiger charge is -2.13. The Labute approximate surface area is 208 Å². The molecule has 0 radical (unpaired) electrons. The number of hydrogen-bond donors (Lipinski definition) is 1. The summed E-state index contributed by atoms with van der Waals surface area (Å²) in [5.74, 6) is -0.384. The van der Waals surface area contributed by atoms with Crippen molar-refractivity contribution < 1.29 is 27.9 Å². The average Bonchev–Trinajstić information content (AvgIpc) is 3.58. The third-order valence-corrected chi connectivity index (χ3v) is 5.94. The third kappa shape index (κ3) is 4.91. The second kappa shape index (κ2) is 9.03. The molecule has 1 unspecified atom stereocenters. The summed E-state index contributed by atoms with van der Waals surface area (Å²) in [7, 11) is 1.41. The van der Waals surface area contributed by atoms with Gasteiger partial charge in [0.1, 0.15) is 23.8 Å². The maximum absolute atomic E-state index is 13.4. The molecule has 11 nitrogen and oxygen atoms in total. The van der Waals surface area contributed by atoms with Gasteiger partial charge in [0.05, 0.1) is 12.7 Å². The van der Waals surface area contributed by atoms with Crippen molar-refractivity contribution >= 4 is 18.1 Å². The molecule has 3 aromatic heterocycles. The number of nitrogens with zero attached hydrogens (tertiary/aromatic N) is 8. The summed E-state index contributed by atoms with van der Waals surface area (Å²) in [6.07, 6.45) is 1.43. The average molecular weight is 514 g/mol. The number of alkyl halides is 3. The summed E-state index contributed by atoms with van der Waals surface area (Å²) < 4.78 is 41.3. The van der Waals surface area contributed by atoms with Crippen molar-refractivity contribution in [1.82, 2.24) is 39.5 Å². The van der Waals surface area contributed by atoms with E-state index in [4.69, 9.17) is 0 Å². The number of aromatic nitrogens is 6. The molecule has 0 spiro atoms. The number of amides is 3. The van der Waals surface area contributed by atoms with Crippen LogP contribution in [0.2, 0.25) is 0 Å². The van der Waals surface area contributed by atoms with Gasteiger partial charge in [-0.2, -0.15) is 13.2 Å². The molecule has 1 aliphatic carbocycles. The minimum absolute atomic E-state index is 0.00709. The van der Waals surface area contributed by atoms with Crippen LogP contribution in [0.5, 0.6) is 0 Å². The van der Waals surface area contributed by atoms with E-state index in [1.54, 1.807) is 6.07 Å². The Bertz CT molecular complexity index is 1400. The van der Waals surface area contributed by atoms with E-state index in [1.807, 2.05) is 0 Å². The fourth-order valence-corrected chi connectivity index (χ4v) is 3.79. The van der Waals surface area contributed by atoms with Crippen LogP contribution in [0.15, 0.2) is 36.6 Å². The zero-order valence-electron chi connectivity index (χ0n) is 19.7. The molecule has 14 heteroatoms. The van der Waals surface area contributed by atoms with E-state index in [9.17, 15) is 27.9 Å². The first-order valence-corrected chi connectivity index (χ1v) is 11.3. The molecule has 4 heterocycles. The van der Waals surface area contributed by atoms with Gasteiger partial charge in [-0.15, -0.1) is 5.10 Å². The van der Waals surface area contributed by atoms with Crippen LogP contribution >= 0.6 is 0 Å². The molecule has 1 N–H and O–H groups in total. The molecule has 1 saturated heterocycles. The molecule has 2 aliphatic rings. The smallest absolute Gasteiger partial charge is 0.385 e. The number of imide groups is 1. The van der Waals surface area contributed by atoms with Crippen molar-refractivity contribution in [2.45, 2.75) is 44.5 Å². The molecule has 5 rings (SSSR count). The Kier molecular flexibility index (Phi) is 5.98. The molecule has 0 bridgehead atoms. The highest BCUT2D eigenvalue weighted by Gasteiger charge is 2.39. The summed E-state index contributed by atoms with van der Waals surface area (Å²) in [6.45, 7) is 1.42. The second-order valence-electron chi connectivity index (χ2n) is 8.86. The van der Waals surface area contributed by atoms with Crippen LogP contribution in [0.1, 0.15) is 54.6 Å². The number of aliphatic hydroxyl groups excluding tert-OH is 1. The van der Waals surface area contributed by atoms with Crippen molar-refractivity contribution in [1.29, 1.82) is 0 Å². The fraction of sp³-hybridized carbons (Fsp3) is 0.348. The van der Waals surface area contributed by atoms with Gasteiger partial charge in [-0.25, -0.2) is 29.4 Å². The minimum Gasteiger partial charge on any atom is -0.385 e. The molecular weight excluding hydrogens is 493 g/mol.